The predicted molar refractivity (Wildman–Crippen MR) is 107 cm³/mol. The fourth-order valence-corrected chi connectivity index (χ4v) is 2.93. The number of nitrogens with zero attached hydrogens (tertiary/aromatic N) is 1. The van der Waals surface area contributed by atoms with Crippen molar-refractivity contribution >= 4 is 11.6 Å². The molecule has 0 aliphatic heterocycles. The molecule has 1 N–H and O–H groups in total. The van der Waals surface area contributed by atoms with E-state index in [9.17, 15) is 4.79 Å². The minimum Gasteiger partial charge on any atom is -0.493 e. The summed E-state index contributed by atoms with van der Waals surface area (Å²) in [6, 6.07) is 11.2. The highest BCUT2D eigenvalue weighted by atomic mass is 16.5. The second-order valence-electron chi connectivity index (χ2n) is 6.00. The molecule has 0 fully saturated rings. The van der Waals surface area contributed by atoms with Crippen molar-refractivity contribution in [1.82, 2.24) is 4.90 Å². The predicted octanol–water partition coefficient (Wildman–Crippen LogP) is 3.81. The number of nitrogens with one attached hydrogen (secondary N) is 1. The largest absolute Gasteiger partial charge is 0.493 e. The normalized spacial score (nSPS) is 10.6. The average molecular weight is 372 g/mol. The third-order valence-corrected chi connectivity index (χ3v) is 4.43. The maximum absolute atomic E-state index is 12.8. The summed E-state index contributed by atoms with van der Waals surface area (Å²) in [4.78, 5) is 15.1. The Morgan fingerprint density at radius 1 is 0.963 bits per heavy atom. The lowest BCUT2D eigenvalue weighted by molar-refractivity contribution is 0.102. The fraction of sp³-hybridized carbons (Fsp3) is 0.381. The van der Waals surface area contributed by atoms with Crippen molar-refractivity contribution < 1.29 is 19.0 Å². The van der Waals surface area contributed by atoms with E-state index < -0.39 is 0 Å². The van der Waals surface area contributed by atoms with Gasteiger partial charge < -0.3 is 19.5 Å². The van der Waals surface area contributed by atoms with Crippen LogP contribution in [0, 0.1) is 0 Å². The Labute approximate surface area is 161 Å². The number of ether oxygens (including phenoxy) is 3. The van der Waals surface area contributed by atoms with E-state index in [0.29, 0.717) is 22.8 Å². The van der Waals surface area contributed by atoms with E-state index in [0.717, 1.165) is 30.9 Å². The smallest absolute Gasteiger partial charge is 0.259 e. The molecular formula is C21H28N2O4. The van der Waals surface area contributed by atoms with Crippen LogP contribution >= 0.6 is 0 Å². The topological polar surface area (TPSA) is 60.0 Å². The number of hydrogen-bond acceptors (Lipinski definition) is 5. The molecular weight excluding hydrogens is 344 g/mol. The van der Waals surface area contributed by atoms with Crippen LogP contribution in [-0.4, -0.2) is 45.2 Å². The minimum absolute atomic E-state index is 0.271. The van der Waals surface area contributed by atoms with E-state index >= 15 is 0 Å². The number of methoxy groups -OCH3 is 3. The molecule has 2 aromatic rings. The molecule has 146 valence electrons. The molecule has 0 saturated heterocycles. The second kappa shape index (κ2) is 9.83. The maximum Gasteiger partial charge on any atom is 0.259 e. The molecule has 0 bridgehead atoms. The summed E-state index contributed by atoms with van der Waals surface area (Å²) in [6.07, 6.45) is 0. The average Bonchev–Trinajstić information content (AvgIpc) is 2.70. The molecule has 0 saturated carbocycles. The number of amides is 1. The molecule has 0 unspecified atom stereocenters. The molecule has 6 nitrogen and oxygen atoms in total. The molecule has 0 spiro atoms. The minimum atomic E-state index is -0.271. The molecule has 2 rings (SSSR count). The van der Waals surface area contributed by atoms with Gasteiger partial charge in [0.25, 0.3) is 5.91 Å². The molecule has 0 aromatic heterocycles. The summed E-state index contributed by atoms with van der Waals surface area (Å²) in [6.45, 7) is 7.08. The molecule has 0 aliphatic rings. The first-order valence-electron chi connectivity index (χ1n) is 8.99. The number of carbonyl (C=O) groups is 1. The van der Waals surface area contributed by atoms with Gasteiger partial charge in [-0.25, -0.2) is 0 Å². The number of carbonyl (C=O) groups excluding carboxylic acids is 1. The Morgan fingerprint density at radius 2 is 1.67 bits per heavy atom. The third-order valence-electron chi connectivity index (χ3n) is 4.43. The lowest BCUT2D eigenvalue weighted by Gasteiger charge is -2.18. The van der Waals surface area contributed by atoms with E-state index in [1.807, 2.05) is 18.2 Å². The van der Waals surface area contributed by atoms with Crippen LogP contribution in [0.3, 0.4) is 0 Å². The van der Waals surface area contributed by atoms with Crippen molar-refractivity contribution in [3.63, 3.8) is 0 Å². The van der Waals surface area contributed by atoms with Gasteiger partial charge in [-0.3, -0.25) is 9.69 Å². The summed E-state index contributed by atoms with van der Waals surface area (Å²) in [5.74, 6) is 0.969. The van der Waals surface area contributed by atoms with Crippen molar-refractivity contribution in [1.29, 1.82) is 0 Å². The van der Waals surface area contributed by atoms with Crippen molar-refractivity contribution in [3.05, 3.63) is 47.5 Å². The summed E-state index contributed by atoms with van der Waals surface area (Å²) >= 11 is 0. The van der Waals surface area contributed by atoms with Crippen LogP contribution in [0.1, 0.15) is 29.8 Å². The first-order chi connectivity index (χ1) is 13.1. The van der Waals surface area contributed by atoms with Crippen LogP contribution in [0.5, 0.6) is 17.2 Å². The molecule has 6 heteroatoms. The summed E-state index contributed by atoms with van der Waals surface area (Å²) in [5, 5.41) is 2.94. The lowest BCUT2D eigenvalue weighted by Crippen LogP contribution is -2.22. The molecule has 0 radical (unpaired) electrons. The highest BCUT2D eigenvalue weighted by Gasteiger charge is 2.20. The number of hydrogen-bond donors (Lipinski definition) is 1. The van der Waals surface area contributed by atoms with E-state index in [1.54, 1.807) is 19.2 Å². The quantitative estimate of drug-likeness (QED) is 0.725. The van der Waals surface area contributed by atoms with Gasteiger partial charge in [0.05, 0.1) is 26.9 Å². The standard InChI is InChI=1S/C21H28N2O4/c1-6-23(7-2)14-15-9-8-10-16(13-15)22-21(24)17-11-12-18(25-3)20(27-5)19(17)26-4/h8-13H,6-7,14H2,1-5H3,(H,22,24). The molecule has 0 heterocycles. The molecule has 27 heavy (non-hydrogen) atoms. The van der Waals surface area contributed by atoms with Gasteiger partial charge in [0.1, 0.15) is 0 Å². The van der Waals surface area contributed by atoms with E-state index in [4.69, 9.17) is 14.2 Å². The van der Waals surface area contributed by atoms with Crippen molar-refractivity contribution in [2.45, 2.75) is 20.4 Å². The Hall–Kier alpha value is -2.73. The van der Waals surface area contributed by atoms with Gasteiger partial charge >= 0.3 is 0 Å². The molecule has 2 aromatic carbocycles. The van der Waals surface area contributed by atoms with Crippen molar-refractivity contribution in [2.24, 2.45) is 0 Å². The van der Waals surface area contributed by atoms with Crippen LogP contribution < -0.4 is 19.5 Å². The monoisotopic (exact) mass is 372 g/mol. The third kappa shape index (κ3) is 4.92. The SMILES string of the molecule is CCN(CC)Cc1cccc(NC(=O)c2ccc(OC)c(OC)c2OC)c1. The van der Waals surface area contributed by atoms with Crippen molar-refractivity contribution in [2.75, 3.05) is 39.7 Å². The highest BCUT2D eigenvalue weighted by molar-refractivity contribution is 6.07. The van der Waals surface area contributed by atoms with Gasteiger partial charge in [-0.15, -0.1) is 0 Å². The molecule has 0 atom stereocenters. The van der Waals surface area contributed by atoms with Crippen LogP contribution in [0.4, 0.5) is 5.69 Å². The zero-order chi connectivity index (χ0) is 19.8. The second-order valence-corrected chi connectivity index (χ2v) is 6.00. The Morgan fingerprint density at radius 3 is 2.26 bits per heavy atom. The van der Waals surface area contributed by atoms with Gasteiger partial charge in [0.15, 0.2) is 11.5 Å². The Kier molecular flexibility index (Phi) is 7.49. The lowest BCUT2D eigenvalue weighted by atomic mass is 10.1. The maximum atomic E-state index is 12.8. The van der Waals surface area contributed by atoms with Crippen LogP contribution in [0.25, 0.3) is 0 Å². The summed E-state index contributed by atoms with van der Waals surface area (Å²) in [7, 11) is 4.55. The zero-order valence-electron chi connectivity index (χ0n) is 16.7. The first kappa shape index (κ1) is 20.6. The van der Waals surface area contributed by atoms with E-state index in [2.05, 4.69) is 30.1 Å². The number of rotatable bonds is 9. The van der Waals surface area contributed by atoms with Gasteiger partial charge in [0.2, 0.25) is 5.75 Å². The molecule has 0 aliphatic carbocycles. The van der Waals surface area contributed by atoms with Gasteiger partial charge in [-0.2, -0.15) is 0 Å². The highest BCUT2D eigenvalue weighted by Crippen LogP contribution is 2.39. The first-order valence-corrected chi connectivity index (χ1v) is 8.99. The fourth-order valence-electron chi connectivity index (χ4n) is 2.93. The number of anilines is 1. The van der Waals surface area contributed by atoms with E-state index in [-0.39, 0.29) is 5.91 Å². The summed E-state index contributed by atoms with van der Waals surface area (Å²) in [5.41, 5.74) is 2.27. The summed E-state index contributed by atoms with van der Waals surface area (Å²) < 4.78 is 16.0. The Balaban J connectivity index is 2.25. The van der Waals surface area contributed by atoms with Crippen LogP contribution in [-0.2, 0) is 6.54 Å². The number of benzene rings is 2. The van der Waals surface area contributed by atoms with Crippen LogP contribution in [0.15, 0.2) is 36.4 Å². The molecule has 1 amide bonds. The Bertz CT molecular complexity index is 773. The van der Waals surface area contributed by atoms with Crippen LogP contribution in [0.2, 0.25) is 0 Å². The van der Waals surface area contributed by atoms with Gasteiger partial charge in [0, 0.05) is 12.2 Å². The van der Waals surface area contributed by atoms with Gasteiger partial charge in [-0.05, 0) is 42.9 Å². The van der Waals surface area contributed by atoms with E-state index in [1.165, 1.54) is 14.2 Å². The van der Waals surface area contributed by atoms with Crippen molar-refractivity contribution in [3.8, 4) is 17.2 Å². The van der Waals surface area contributed by atoms with Gasteiger partial charge in [-0.1, -0.05) is 26.0 Å². The zero-order valence-corrected chi connectivity index (χ0v) is 16.7.